The van der Waals surface area contributed by atoms with E-state index in [1.165, 1.54) is 10.5 Å². The van der Waals surface area contributed by atoms with Crippen molar-refractivity contribution in [1.82, 2.24) is 0 Å². The summed E-state index contributed by atoms with van der Waals surface area (Å²) in [5.74, 6) is 0.910. The first-order valence-corrected chi connectivity index (χ1v) is 6.92. The molecule has 1 aromatic rings. The number of hydrogen-bond donors (Lipinski definition) is 0. The van der Waals surface area contributed by atoms with E-state index in [1.807, 2.05) is 6.07 Å². The molecule has 2 rings (SSSR count). The number of hydrogen-bond acceptors (Lipinski definition) is 4. The lowest BCUT2D eigenvalue weighted by Crippen LogP contribution is -2.40. The van der Waals surface area contributed by atoms with Gasteiger partial charge in [0.15, 0.2) is 0 Å². The largest absolute Gasteiger partial charge is 0.495 e. The molecule has 1 aromatic carbocycles. The predicted molar refractivity (Wildman–Crippen MR) is 75.5 cm³/mol. The van der Waals surface area contributed by atoms with Crippen LogP contribution in [0.2, 0.25) is 0 Å². The number of fused-ring (bicyclic) bond motifs is 1. The third-order valence-corrected chi connectivity index (χ3v) is 5.19. The van der Waals surface area contributed by atoms with Crippen LogP contribution >= 0.6 is 11.8 Å². The first kappa shape index (κ1) is 13.1. The molecule has 0 radical (unpaired) electrons. The van der Waals surface area contributed by atoms with Crippen molar-refractivity contribution in [2.45, 2.75) is 36.5 Å². The highest BCUT2D eigenvalue weighted by Crippen LogP contribution is 2.48. The Kier molecular flexibility index (Phi) is 3.72. The molecule has 0 aromatic heterocycles. The number of rotatable bonds is 2. The van der Waals surface area contributed by atoms with E-state index in [0.717, 1.165) is 11.4 Å². The van der Waals surface area contributed by atoms with Gasteiger partial charge in [0.25, 0.3) is 0 Å². The fraction of sp³-hybridized carbons (Fsp3) is 0.500. The zero-order valence-corrected chi connectivity index (χ0v) is 12.0. The molecule has 0 fully saturated rings. The van der Waals surface area contributed by atoms with Gasteiger partial charge in [0, 0.05) is 29.7 Å². The molecule has 18 heavy (non-hydrogen) atoms. The molecule has 96 valence electrons. The van der Waals surface area contributed by atoms with Crippen LogP contribution in [0.4, 0.5) is 5.69 Å². The lowest BCUT2D eigenvalue weighted by Gasteiger charge is -2.39. The fourth-order valence-electron chi connectivity index (χ4n) is 2.31. The van der Waals surface area contributed by atoms with Crippen molar-refractivity contribution in [1.29, 1.82) is 5.26 Å². The predicted octanol–water partition coefficient (Wildman–Crippen LogP) is 3.22. The first-order chi connectivity index (χ1) is 8.60. The van der Waals surface area contributed by atoms with Crippen LogP contribution in [-0.4, -0.2) is 25.4 Å². The molecular formula is C14H18N2OS. The number of ether oxygens (including phenoxy) is 1. The van der Waals surface area contributed by atoms with Gasteiger partial charge in [-0.25, -0.2) is 0 Å². The van der Waals surface area contributed by atoms with Crippen LogP contribution in [0.5, 0.6) is 5.75 Å². The van der Waals surface area contributed by atoms with Crippen molar-refractivity contribution < 1.29 is 4.74 Å². The average molecular weight is 262 g/mol. The minimum absolute atomic E-state index is 0.318. The molecule has 0 N–H and O–H groups in total. The Morgan fingerprint density at radius 1 is 1.50 bits per heavy atom. The molecule has 2 unspecified atom stereocenters. The number of nitrogens with zero attached hydrogens (tertiary/aromatic N) is 2. The summed E-state index contributed by atoms with van der Waals surface area (Å²) in [7, 11) is 3.78. The van der Waals surface area contributed by atoms with Gasteiger partial charge in [-0.1, -0.05) is 6.07 Å². The van der Waals surface area contributed by atoms with Gasteiger partial charge in [0.05, 0.1) is 18.9 Å². The summed E-state index contributed by atoms with van der Waals surface area (Å²) in [6, 6.07) is 6.72. The van der Waals surface area contributed by atoms with Crippen molar-refractivity contribution in [3.8, 4) is 11.8 Å². The summed E-state index contributed by atoms with van der Waals surface area (Å²) in [5, 5.41) is 9.25. The van der Waals surface area contributed by atoms with E-state index < -0.39 is 0 Å². The Morgan fingerprint density at radius 3 is 2.83 bits per heavy atom. The second-order valence-corrected chi connectivity index (χ2v) is 5.88. The first-order valence-electron chi connectivity index (χ1n) is 6.04. The smallest absolute Gasteiger partial charge is 0.143 e. The van der Waals surface area contributed by atoms with E-state index in [-0.39, 0.29) is 0 Å². The van der Waals surface area contributed by atoms with Crippen LogP contribution in [0.1, 0.15) is 18.9 Å². The summed E-state index contributed by atoms with van der Waals surface area (Å²) in [6.45, 7) is 4.28. The van der Waals surface area contributed by atoms with E-state index in [4.69, 9.17) is 10.00 Å². The molecule has 4 heteroatoms. The zero-order chi connectivity index (χ0) is 13.3. The maximum absolute atomic E-state index is 8.93. The molecule has 0 saturated carbocycles. The normalized spacial score (nSPS) is 22.3. The molecule has 1 aliphatic heterocycles. The number of methoxy groups -OCH3 is 1. The van der Waals surface area contributed by atoms with Gasteiger partial charge in [-0.05, 0) is 25.5 Å². The summed E-state index contributed by atoms with van der Waals surface area (Å²) in [5.41, 5.74) is 2.40. The number of benzene rings is 1. The second kappa shape index (κ2) is 5.11. The van der Waals surface area contributed by atoms with Crippen LogP contribution < -0.4 is 9.64 Å². The quantitative estimate of drug-likeness (QED) is 0.820. The van der Waals surface area contributed by atoms with Gasteiger partial charge in [-0.2, -0.15) is 5.26 Å². The van der Waals surface area contributed by atoms with Gasteiger partial charge >= 0.3 is 0 Å². The molecule has 3 nitrogen and oxygen atoms in total. The standard InChI is InChI=1S/C14H18N2OS/c1-9-5-6-11(17-4)13-14(9)18-12(7-8-15)10(2)16(13)3/h5-6,10,12H,7H2,1-4H3. The van der Waals surface area contributed by atoms with Crippen molar-refractivity contribution in [2.24, 2.45) is 0 Å². The maximum Gasteiger partial charge on any atom is 0.143 e. The number of anilines is 1. The lowest BCUT2D eigenvalue weighted by molar-refractivity contribution is 0.411. The van der Waals surface area contributed by atoms with E-state index in [2.05, 4.69) is 37.9 Å². The van der Waals surface area contributed by atoms with Crippen LogP contribution in [0, 0.1) is 18.3 Å². The minimum atomic E-state index is 0.318. The molecule has 0 aliphatic carbocycles. The van der Waals surface area contributed by atoms with Gasteiger partial charge in [0.1, 0.15) is 5.75 Å². The number of aryl methyl sites for hydroxylation is 1. The van der Waals surface area contributed by atoms with Gasteiger partial charge in [-0.15, -0.1) is 11.8 Å². The van der Waals surface area contributed by atoms with Crippen molar-refractivity contribution in [3.63, 3.8) is 0 Å². The molecule has 0 amide bonds. The van der Waals surface area contributed by atoms with Crippen LogP contribution in [0.15, 0.2) is 17.0 Å². The van der Waals surface area contributed by atoms with Crippen LogP contribution in [0.3, 0.4) is 0 Å². The van der Waals surface area contributed by atoms with Crippen molar-refractivity contribution in [3.05, 3.63) is 17.7 Å². The Bertz CT molecular complexity index is 495. The third kappa shape index (κ3) is 2.04. The lowest BCUT2D eigenvalue weighted by atomic mass is 10.1. The van der Waals surface area contributed by atoms with E-state index in [1.54, 1.807) is 18.9 Å². The molecule has 1 heterocycles. The minimum Gasteiger partial charge on any atom is -0.495 e. The van der Waals surface area contributed by atoms with E-state index >= 15 is 0 Å². The Morgan fingerprint density at radius 2 is 2.22 bits per heavy atom. The molecule has 0 saturated heterocycles. The Labute approximate surface area is 113 Å². The molecule has 0 spiro atoms. The van der Waals surface area contributed by atoms with Crippen molar-refractivity contribution >= 4 is 17.4 Å². The molecular weight excluding hydrogens is 244 g/mol. The third-order valence-electron chi connectivity index (χ3n) is 3.57. The van der Waals surface area contributed by atoms with Gasteiger partial charge in [0.2, 0.25) is 0 Å². The van der Waals surface area contributed by atoms with Crippen LogP contribution in [-0.2, 0) is 0 Å². The number of nitriles is 1. The zero-order valence-electron chi connectivity index (χ0n) is 11.2. The number of thioether (sulfide) groups is 1. The summed E-state index contributed by atoms with van der Waals surface area (Å²) in [4.78, 5) is 3.48. The maximum atomic E-state index is 8.93. The molecule has 1 aliphatic rings. The van der Waals surface area contributed by atoms with Gasteiger partial charge in [-0.3, -0.25) is 0 Å². The molecule has 0 bridgehead atoms. The summed E-state index contributed by atoms with van der Waals surface area (Å²) >= 11 is 1.81. The fourth-order valence-corrected chi connectivity index (χ4v) is 3.76. The monoisotopic (exact) mass is 262 g/mol. The highest BCUT2D eigenvalue weighted by molar-refractivity contribution is 8.00. The topological polar surface area (TPSA) is 36.3 Å². The van der Waals surface area contributed by atoms with Crippen molar-refractivity contribution in [2.75, 3.05) is 19.1 Å². The van der Waals surface area contributed by atoms with Crippen LogP contribution in [0.25, 0.3) is 0 Å². The van der Waals surface area contributed by atoms with E-state index in [0.29, 0.717) is 17.7 Å². The SMILES string of the molecule is COc1ccc(C)c2c1N(C)C(C)C(CC#N)S2. The van der Waals surface area contributed by atoms with E-state index in [9.17, 15) is 0 Å². The highest BCUT2D eigenvalue weighted by Gasteiger charge is 2.32. The Balaban J connectivity index is 2.51. The summed E-state index contributed by atoms with van der Waals surface area (Å²) < 4.78 is 5.46. The highest BCUT2D eigenvalue weighted by atomic mass is 32.2. The van der Waals surface area contributed by atoms with Gasteiger partial charge < -0.3 is 9.64 Å². The molecule has 2 atom stereocenters. The Hall–Kier alpha value is -1.34. The summed E-state index contributed by atoms with van der Waals surface area (Å²) in [6.07, 6.45) is 0.576. The average Bonchev–Trinajstić information content (AvgIpc) is 2.37. The second-order valence-electron chi connectivity index (χ2n) is 4.63.